The maximum atomic E-state index is 12.8. The Morgan fingerprint density at radius 1 is 1.31 bits per heavy atom. The van der Waals surface area contributed by atoms with Crippen molar-refractivity contribution in [3.63, 3.8) is 0 Å². The fourth-order valence-corrected chi connectivity index (χ4v) is 2.98. The van der Waals surface area contributed by atoms with Crippen LogP contribution in [0.3, 0.4) is 0 Å². The summed E-state index contributed by atoms with van der Waals surface area (Å²) in [5.41, 5.74) is -2.79. The van der Waals surface area contributed by atoms with Crippen molar-refractivity contribution >= 4 is 23.3 Å². The molecule has 3 rings (SSSR count). The number of nitro groups is 1. The first-order chi connectivity index (χ1) is 13.8. The van der Waals surface area contributed by atoms with Crippen molar-refractivity contribution < 1.29 is 29.5 Å². The van der Waals surface area contributed by atoms with Crippen LogP contribution in [0.5, 0.6) is 5.75 Å². The molecule has 0 bridgehead atoms. The molecule has 1 aromatic heterocycles. The van der Waals surface area contributed by atoms with Crippen LogP contribution < -0.4 is 10.4 Å². The van der Waals surface area contributed by atoms with Gasteiger partial charge in [-0.25, -0.2) is 9.47 Å². The normalized spacial score (nSPS) is 13.3. The Morgan fingerprint density at radius 2 is 2.00 bits per heavy atom. The van der Waals surface area contributed by atoms with Crippen LogP contribution in [0.25, 0.3) is 0 Å². The van der Waals surface area contributed by atoms with Crippen molar-refractivity contribution in [2.24, 2.45) is 0 Å². The number of aromatic nitrogens is 1. The quantitative estimate of drug-likeness (QED) is 0.517. The zero-order valence-electron chi connectivity index (χ0n) is 15.1. The van der Waals surface area contributed by atoms with Crippen LogP contribution in [0.15, 0.2) is 35.3 Å². The molecule has 0 saturated heterocycles. The lowest BCUT2D eigenvalue weighted by molar-refractivity contribution is -0.384. The van der Waals surface area contributed by atoms with Crippen LogP contribution in [0.1, 0.15) is 20.8 Å². The summed E-state index contributed by atoms with van der Waals surface area (Å²) in [6.07, 6.45) is 0.863. The first-order valence-corrected chi connectivity index (χ1v) is 8.29. The van der Waals surface area contributed by atoms with E-state index in [1.165, 1.54) is 41.3 Å². The Labute approximate surface area is 162 Å². The molecule has 152 valence electrons. The number of fused-ring (bicyclic) bond motifs is 1. The topological polar surface area (TPSA) is 155 Å². The number of carbonyl (C=O) groups excluding carboxylic acids is 1. The second-order valence-corrected chi connectivity index (χ2v) is 6.07. The van der Waals surface area contributed by atoms with E-state index in [4.69, 9.17) is 4.74 Å². The highest BCUT2D eigenvalue weighted by Crippen LogP contribution is 2.32. The number of hydrogen-bond acceptors (Lipinski definition) is 8. The second kappa shape index (κ2) is 7.59. The Morgan fingerprint density at radius 3 is 2.62 bits per heavy atom. The zero-order chi connectivity index (χ0) is 21.3. The highest BCUT2D eigenvalue weighted by molar-refractivity contribution is 5.98. The number of carbonyl (C=O) groups is 2. The zero-order valence-corrected chi connectivity index (χ0v) is 15.1. The number of methoxy groups -OCH3 is 1. The molecule has 0 aliphatic carbocycles. The smallest absolute Gasteiger partial charge is 0.341 e. The lowest BCUT2D eigenvalue weighted by atomic mass is 10.2. The standard InChI is InChI=1S/C17H16N4O8/c1-29-7-6-18-9-20(11-4-2-3-5-12(11)21(27)28)19-8-10(17(25)26)14(22)15(23)13(19)16(18)24/h2-5,8,23H,6-7,9H2,1H3,(H,25,26). The van der Waals surface area contributed by atoms with Crippen LogP contribution in [0.2, 0.25) is 0 Å². The van der Waals surface area contributed by atoms with E-state index in [0.29, 0.717) is 0 Å². The molecule has 12 heteroatoms. The van der Waals surface area contributed by atoms with E-state index in [0.717, 1.165) is 10.9 Å². The number of nitro benzene ring substituents is 1. The Hall–Kier alpha value is -3.93. The molecule has 0 radical (unpaired) electrons. The molecule has 2 heterocycles. The van der Waals surface area contributed by atoms with Crippen molar-refractivity contribution in [1.82, 2.24) is 9.58 Å². The van der Waals surface area contributed by atoms with Gasteiger partial charge in [-0.2, -0.15) is 0 Å². The summed E-state index contributed by atoms with van der Waals surface area (Å²) >= 11 is 0. The summed E-state index contributed by atoms with van der Waals surface area (Å²) in [7, 11) is 1.42. The minimum Gasteiger partial charge on any atom is -0.502 e. The molecule has 2 aromatic rings. The van der Waals surface area contributed by atoms with E-state index in [-0.39, 0.29) is 31.2 Å². The van der Waals surface area contributed by atoms with Gasteiger partial charge in [0.25, 0.3) is 11.6 Å². The SMILES string of the molecule is COCCN1CN(c2ccccc2[N+](=O)[O-])n2cc(C(=O)O)c(=O)c(O)c2C1=O. The highest BCUT2D eigenvalue weighted by atomic mass is 16.6. The van der Waals surface area contributed by atoms with Gasteiger partial charge in [-0.3, -0.25) is 24.7 Å². The number of anilines is 1. The molecule has 2 N–H and O–H groups in total. The van der Waals surface area contributed by atoms with Gasteiger partial charge >= 0.3 is 5.97 Å². The molecule has 0 fully saturated rings. The van der Waals surface area contributed by atoms with Crippen molar-refractivity contribution in [2.45, 2.75) is 0 Å². The summed E-state index contributed by atoms with van der Waals surface area (Å²) in [5, 5.41) is 32.3. The van der Waals surface area contributed by atoms with Gasteiger partial charge in [0, 0.05) is 25.9 Å². The van der Waals surface area contributed by atoms with E-state index in [1.54, 1.807) is 0 Å². The van der Waals surface area contributed by atoms with Crippen molar-refractivity contribution in [2.75, 3.05) is 31.9 Å². The van der Waals surface area contributed by atoms with E-state index in [1.807, 2.05) is 0 Å². The number of ether oxygens (including phenoxy) is 1. The summed E-state index contributed by atoms with van der Waals surface area (Å²) in [5.74, 6) is -3.42. The van der Waals surface area contributed by atoms with Crippen molar-refractivity contribution in [1.29, 1.82) is 0 Å². The Bertz CT molecular complexity index is 1060. The number of nitrogens with zero attached hydrogens (tertiary/aromatic N) is 4. The largest absolute Gasteiger partial charge is 0.502 e. The number of aromatic carboxylic acids is 1. The predicted octanol–water partition coefficient (Wildman–Crippen LogP) is 0.490. The highest BCUT2D eigenvalue weighted by Gasteiger charge is 2.36. The maximum absolute atomic E-state index is 12.8. The summed E-state index contributed by atoms with van der Waals surface area (Å²) in [6, 6.07) is 5.62. The van der Waals surface area contributed by atoms with Gasteiger partial charge in [-0.15, -0.1) is 0 Å². The van der Waals surface area contributed by atoms with Gasteiger partial charge in [-0.1, -0.05) is 12.1 Å². The number of aromatic hydroxyl groups is 1. The van der Waals surface area contributed by atoms with Crippen LogP contribution in [0.4, 0.5) is 11.4 Å². The van der Waals surface area contributed by atoms with Crippen LogP contribution in [-0.2, 0) is 4.74 Å². The number of hydrogen-bond donors (Lipinski definition) is 2. The summed E-state index contributed by atoms with van der Waals surface area (Å²) in [4.78, 5) is 48.5. The van der Waals surface area contributed by atoms with E-state index in [2.05, 4.69) is 0 Å². The molecule has 29 heavy (non-hydrogen) atoms. The molecule has 0 spiro atoms. The average molecular weight is 404 g/mol. The van der Waals surface area contributed by atoms with Gasteiger partial charge in [0.1, 0.15) is 17.9 Å². The van der Waals surface area contributed by atoms with Crippen LogP contribution >= 0.6 is 0 Å². The molecule has 0 saturated carbocycles. The van der Waals surface area contributed by atoms with Crippen molar-refractivity contribution in [3.05, 3.63) is 62.1 Å². The second-order valence-electron chi connectivity index (χ2n) is 6.07. The molecule has 1 aromatic carbocycles. The molecule has 1 aliphatic heterocycles. The number of amides is 1. The summed E-state index contributed by atoms with van der Waals surface area (Å²) < 4.78 is 5.91. The monoisotopic (exact) mass is 404 g/mol. The van der Waals surface area contributed by atoms with Gasteiger partial charge in [0.05, 0.1) is 11.5 Å². The lowest BCUT2D eigenvalue weighted by Gasteiger charge is -2.39. The molecular formula is C17H16N4O8. The van der Waals surface area contributed by atoms with Gasteiger partial charge in [0.15, 0.2) is 11.4 Å². The molecule has 12 nitrogen and oxygen atoms in total. The van der Waals surface area contributed by atoms with E-state index in [9.17, 15) is 34.7 Å². The van der Waals surface area contributed by atoms with Crippen LogP contribution in [-0.4, -0.2) is 63.5 Å². The van der Waals surface area contributed by atoms with E-state index >= 15 is 0 Å². The number of para-hydroxylation sites is 2. The fraction of sp³-hybridized carbons (Fsp3) is 0.235. The van der Waals surface area contributed by atoms with Gasteiger partial charge < -0.3 is 19.8 Å². The van der Waals surface area contributed by atoms with E-state index < -0.39 is 39.2 Å². The number of pyridine rings is 1. The first-order valence-electron chi connectivity index (χ1n) is 8.29. The molecule has 1 aliphatic rings. The number of benzene rings is 1. The number of carboxylic acids is 1. The van der Waals surface area contributed by atoms with Gasteiger partial charge in [-0.05, 0) is 6.07 Å². The predicted molar refractivity (Wildman–Crippen MR) is 98.1 cm³/mol. The first kappa shape index (κ1) is 19.8. The number of rotatable bonds is 6. The summed E-state index contributed by atoms with van der Waals surface area (Å²) in [6.45, 7) is -0.00312. The molecular weight excluding hydrogens is 388 g/mol. The van der Waals surface area contributed by atoms with Gasteiger partial charge in [0.2, 0.25) is 5.43 Å². The third-order valence-electron chi connectivity index (χ3n) is 4.37. The minimum atomic E-state index is -1.61. The molecule has 0 atom stereocenters. The molecule has 0 unspecified atom stereocenters. The third kappa shape index (κ3) is 3.36. The fourth-order valence-electron chi connectivity index (χ4n) is 2.98. The van der Waals surface area contributed by atoms with Crippen LogP contribution in [0, 0.1) is 10.1 Å². The Kier molecular flexibility index (Phi) is 5.19. The van der Waals surface area contributed by atoms with Crippen molar-refractivity contribution in [3.8, 4) is 5.75 Å². The number of carboxylic acid groups (broad SMARTS) is 1. The Balaban J connectivity index is 2.29. The molecule has 1 amide bonds. The lowest BCUT2D eigenvalue weighted by Crippen LogP contribution is -2.53. The minimum absolute atomic E-state index is 0.0352. The maximum Gasteiger partial charge on any atom is 0.341 e. The average Bonchev–Trinajstić information content (AvgIpc) is 2.69. The third-order valence-corrected chi connectivity index (χ3v) is 4.37.